The summed E-state index contributed by atoms with van der Waals surface area (Å²) < 4.78 is 26.3. The monoisotopic (exact) mass is 372 g/mol. The summed E-state index contributed by atoms with van der Waals surface area (Å²) in [6, 6.07) is 10.3. The van der Waals surface area contributed by atoms with Crippen molar-refractivity contribution >= 4 is 11.7 Å². The van der Waals surface area contributed by atoms with Crippen molar-refractivity contribution in [1.29, 1.82) is 0 Å². The van der Waals surface area contributed by atoms with E-state index in [9.17, 15) is 18.4 Å². The van der Waals surface area contributed by atoms with Gasteiger partial charge in [0.25, 0.3) is 0 Å². The summed E-state index contributed by atoms with van der Waals surface area (Å²) in [5.74, 6) is -0.688. The Balaban J connectivity index is 1.49. The molecule has 0 unspecified atom stereocenters. The van der Waals surface area contributed by atoms with Gasteiger partial charge in [0.2, 0.25) is 5.91 Å². The molecule has 0 aliphatic carbocycles. The van der Waals surface area contributed by atoms with Crippen molar-refractivity contribution < 1.29 is 18.4 Å². The van der Waals surface area contributed by atoms with E-state index in [1.165, 1.54) is 24.3 Å². The second-order valence-electron chi connectivity index (χ2n) is 6.85. The number of halogens is 2. The van der Waals surface area contributed by atoms with E-state index in [2.05, 4.69) is 0 Å². The van der Waals surface area contributed by atoms with Crippen LogP contribution in [0, 0.1) is 18.6 Å². The van der Waals surface area contributed by atoms with Crippen molar-refractivity contribution in [2.24, 2.45) is 0 Å². The topological polar surface area (TPSA) is 40.6 Å². The van der Waals surface area contributed by atoms with Crippen molar-refractivity contribution in [3.05, 3.63) is 70.8 Å². The zero-order valence-electron chi connectivity index (χ0n) is 15.3. The van der Waals surface area contributed by atoms with Gasteiger partial charge in [-0.15, -0.1) is 0 Å². The Morgan fingerprint density at radius 3 is 2.26 bits per heavy atom. The summed E-state index contributed by atoms with van der Waals surface area (Å²) >= 11 is 0. The molecule has 0 aromatic heterocycles. The quantitative estimate of drug-likeness (QED) is 0.758. The number of amides is 1. The first-order valence-corrected chi connectivity index (χ1v) is 8.96. The first-order valence-electron chi connectivity index (χ1n) is 8.96. The highest BCUT2D eigenvalue weighted by atomic mass is 19.1. The number of carbonyl (C=O) groups is 2. The molecule has 2 aromatic rings. The van der Waals surface area contributed by atoms with E-state index < -0.39 is 0 Å². The summed E-state index contributed by atoms with van der Waals surface area (Å²) in [6.07, 6.45) is 0.244. The molecule has 1 saturated heterocycles. The molecule has 0 radical (unpaired) electrons. The molecule has 0 bridgehead atoms. The Morgan fingerprint density at radius 1 is 0.963 bits per heavy atom. The Bertz CT molecular complexity index is 829. The van der Waals surface area contributed by atoms with Crippen molar-refractivity contribution in [3.63, 3.8) is 0 Å². The maximum Gasteiger partial charge on any atom is 0.227 e. The molecule has 1 heterocycles. The van der Waals surface area contributed by atoms with Gasteiger partial charge < -0.3 is 4.90 Å². The van der Waals surface area contributed by atoms with Crippen molar-refractivity contribution in [2.75, 3.05) is 32.7 Å². The van der Waals surface area contributed by atoms with Crippen LogP contribution in [0.2, 0.25) is 0 Å². The van der Waals surface area contributed by atoms with Crippen LogP contribution in [0.4, 0.5) is 8.78 Å². The lowest BCUT2D eigenvalue weighted by Gasteiger charge is -2.34. The van der Waals surface area contributed by atoms with E-state index >= 15 is 0 Å². The number of rotatable bonds is 5. The SMILES string of the molecule is Cc1cc(C(=O)CN2CCN(C(=O)Cc3ccc(F)cc3)CC2)ccc1F. The highest BCUT2D eigenvalue weighted by Crippen LogP contribution is 2.12. The van der Waals surface area contributed by atoms with Crippen LogP contribution in [-0.4, -0.2) is 54.2 Å². The first kappa shape index (κ1) is 19.2. The van der Waals surface area contributed by atoms with Crippen LogP contribution in [0.3, 0.4) is 0 Å². The third-order valence-corrected chi connectivity index (χ3v) is 4.84. The highest BCUT2D eigenvalue weighted by Gasteiger charge is 2.23. The molecule has 1 aliphatic rings. The van der Waals surface area contributed by atoms with Gasteiger partial charge in [-0.05, 0) is 48.4 Å². The molecule has 3 rings (SSSR count). The lowest BCUT2D eigenvalue weighted by atomic mass is 10.1. The highest BCUT2D eigenvalue weighted by molar-refractivity contribution is 5.97. The van der Waals surface area contributed by atoms with E-state index in [4.69, 9.17) is 0 Å². The molecule has 0 atom stereocenters. The smallest absolute Gasteiger partial charge is 0.227 e. The summed E-state index contributed by atoms with van der Waals surface area (Å²) in [5.41, 5.74) is 1.74. The van der Waals surface area contributed by atoms with Gasteiger partial charge in [0.15, 0.2) is 5.78 Å². The minimum atomic E-state index is -0.320. The number of piperazine rings is 1. The lowest BCUT2D eigenvalue weighted by Crippen LogP contribution is -2.50. The molecule has 1 aliphatic heterocycles. The van der Waals surface area contributed by atoms with Gasteiger partial charge in [-0.3, -0.25) is 14.5 Å². The van der Waals surface area contributed by atoms with Crippen LogP contribution in [0.1, 0.15) is 21.5 Å². The number of benzene rings is 2. The van der Waals surface area contributed by atoms with Crippen molar-refractivity contribution in [3.8, 4) is 0 Å². The van der Waals surface area contributed by atoms with Gasteiger partial charge in [-0.1, -0.05) is 12.1 Å². The van der Waals surface area contributed by atoms with E-state index in [1.807, 2.05) is 4.90 Å². The van der Waals surface area contributed by atoms with Crippen molar-refractivity contribution in [1.82, 2.24) is 9.80 Å². The third kappa shape index (κ3) is 4.98. The number of ketones is 1. The molecule has 0 saturated carbocycles. The van der Waals surface area contributed by atoms with Gasteiger partial charge in [0.1, 0.15) is 11.6 Å². The maximum absolute atomic E-state index is 13.3. The fraction of sp³-hybridized carbons (Fsp3) is 0.333. The molecule has 2 aromatic carbocycles. The average Bonchev–Trinajstić information content (AvgIpc) is 2.66. The second-order valence-corrected chi connectivity index (χ2v) is 6.85. The molecular weight excluding hydrogens is 350 g/mol. The fourth-order valence-corrected chi connectivity index (χ4v) is 3.16. The summed E-state index contributed by atoms with van der Waals surface area (Å²) in [6.45, 7) is 4.22. The number of nitrogens with zero attached hydrogens (tertiary/aromatic N) is 2. The zero-order valence-corrected chi connectivity index (χ0v) is 15.3. The van der Waals surface area contributed by atoms with Crippen LogP contribution in [0.5, 0.6) is 0 Å². The lowest BCUT2D eigenvalue weighted by molar-refractivity contribution is -0.132. The van der Waals surface area contributed by atoms with Crippen LogP contribution in [0.25, 0.3) is 0 Å². The predicted molar refractivity (Wildman–Crippen MR) is 98.6 cm³/mol. The average molecular weight is 372 g/mol. The maximum atomic E-state index is 13.3. The minimum Gasteiger partial charge on any atom is -0.340 e. The number of hydrogen-bond acceptors (Lipinski definition) is 3. The molecule has 6 heteroatoms. The molecule has 27 heavy (non-hydrogen) atoms. The minimum absolute atomic E-state index is 0.00161. The molecule has 4 nitrogen and oxygen atoms in total. The Kier molecular flexibility index (Phi) is 5.96. The Hall–Kier alpha value is -2.60. The predicted octanol–water partition coefficient (Wildman–Crippen LogP) is 2.84. The number of Topliss-reactive ketones (excluding diaryl/α,β-unsaturated/α-hetero) is 1. The van der Waals surface area contributed by atoms with Crippen LogP contribution in [0.15, 0.2) is 42.5 Å². The van der Waals surface area contributed by atoms with E-state index in [-0.39, 0.29) is 36.3 Å². The summed E-state index contributed by atoms with van der Waals surface area (Å²) in [4.78, 5) is 28.5. The molecular formula is C21H22F2N2O2. The first-order chi connectivity index (χ1) is 12.9. The Morgan fingerprint density at radius 2 is 1.63 bits per heavy atom. The van der Waals surface area contributed by atoms with Crippen LogP contribution >= 0.6 is 0 Å². The number of hydrogen-bond donors (Lipinski definition) is 0. The fourth-order valence-electron chi connectivity index (χ4n) is 3.16. The number of aryl methyl sites for hydroxylation is 1. The molecule has 1 amide bonds. The van der Waals surface area contributed by atoms with Crippen LogP contribution < -0.4 is 0 Å². The van der Waals surface area contributed by atoms with Crippen LogP contribution in [-0.2, 0) is 11.2 Å². The normalized spacial score (nSPS) is 15.0. The van der Waals surface area contributed by atoms with E-state index in [1.54, 1.807) is 30.0 Å². The number of carbonyl (C=O) groups excluding carboxylic acids is 2. The molecule has 142 valence electrons. The zero-order chi connectivity index (χ0) is 19.4. The van der Waals surface area contributed by atoms with E-state index in [0.717, 1.165) is 5.56 Å². The van der Waals surface area contributed by atoms with Gasteiger partial charge in [0.05, 0.1) is 13.0 Å². The standard InChI is InChI=1S/C21H22F2N2O2/c1-15-12-17(4-7-19(15)23)20(26)14-24-8-10-25(11-9-24)21(27)13-16-2-5-18(22)6-3-16/h2-7,12H,8-11,13-14H2,1H3. The van der Waals surface area contributed by atoms with Gasteiger partial charge in [0, 0.05) is 31.7 Å². The van der Waals surface area contributed by atoms with Gasteiger partial charge in [-0.25, -0.2) is 8.78 Å². The van der Waals surface area contributed by atoms with Gasteiger partial charge in [-0.2, -0.15) is 0 Å². The van der Waals surface area contributed by atoms with Gasteiger partial charge >= 0.3 is 0 Å². The Labute approximate surface area is 157 Å². The molecule has 0 spiro atoms. The largest absolute Gasteiger partial charge is 0.340 e. The van der Waals surface area contributed by atoms with E-state index in [0.29, 0.717) is 37.3 Å². The second kappa shape index (κ2) is 8.39. The molecule has 0 N–H and O–H groups in total. The third-order valence-electron chi connectivity index (χ3n) is 4.84. The summed E-state index contributed by atoms with van der Waals surface area (Å²) in [7, 11) is 0. The molecule has 1 fully saturated rings. The summed E-state index contributed by atoms with van der Waals surface area (Å²) in [5, 5.41) is 0. The van der Waals surface area contributed by atoms with Crippen molar-refractivity contribution in [2.45, 2.75) is 13.3 Å².